The molecular weight excluding hydrogens is 220 g/mol. The van der Waals surface area contributed by atoms with E-state index < -0.39 is 5.97 Å². The normalized spacial score (nSPS) is 10.1. The average molecular weight is 236 g/mol. The van der Waals surface area contributed by atoms with E-state index in [-0.39, 0.29) is 23.2 Å². The fraction of sp³-hybridized carbons (Fsp3) is 0.417. The van der Waals surface area contributed by atoms with E-state index in [0.717, 1.165) is 0 Å². The summed E-state index contributed by atoms with van der Waals surface area (Å²) in [6, 6.07) is 3.17. The molecule has 5 heteroatoms. The first-order valence-corrected chi connectivity index (χ1v) is 5.37. The van der Waals surface area contributed by atoms with Gasteiger partial charge in [-0.2, -0.15) is 0 Å². The number of hydrogen-bond donors (Lipinski definition) is 1. The van der Waals surface area contributed by atoms with Crippen LogP contribution in [-0.2, 0) is 9.53 Å². The van der Waals surface area contributed by atoms with Gasteiger partial charge in [-0.05, 0) is 18.1 Å². The van der Waals surface area contributed by atoms with E-state index in [2.05, 4.69) is 15.0 Å². The van der Waals surface area contributed by atoms with E-state index in [0.29, 0.717) is 6.42 Å². The Morgan fingerprint density at radius 1 is 1.47 bits per heavy atom. The minimum atomic E-state index is -0.516. The van der Waals surface area contributed by atoms with Crippen LogP contribution in [0, 0.1) is 5.92 Å². The van der Waals surface area contributed by atoms with Crippen LogP contribution in [0.1, 0.15) is 30.6 Å². The molecule has 0 bridgehead atoms. The predicted molar refractivity (Wildman–Crippen MR) is 63.7 cm³/mol. The summed E-state index contributed by atoms with van der Waals surface area (Å²) >= 11 is 0. The maximum absolute atomic E-state index is 11.6. The molecular formula is C12H16N2O3. The van der Waals surface area contributed by atoms with Crippen molar-refractivity contribution in [3.05, 3.63) is 23.9 Å². The number of nitrogens with one attached hydrogen (secondary N) is 1. The number of ether oxygens (including phenoxy) is 1. The van der Waals surface area contributed by atoms with Gasteiger partial charge in [0, 0.05) is 12.6 Å². The summed E-state index contributed by atoms with van der Waals surface area (Å²) in [7, 11) is 1.29. The average Bonchev–Trinajstić information content (AvgIpc) is 2.27. The first kappa shape index (κ1) is 13.2. The maximum Gasteiger partial charge on any atom is 0.341 e. The number of amides is 1. The molecule has 1 aromatic rings. The number of carbonyl (C=O) groups is 2. The van der Waals surface area contributed by atoms with Gasteiger partial charge in [-0.15, -0.1) is 0 Å². The standard InChI is InChI=1S/C12H16N2O3/c1-8(2)7-10(15)14-11-9(12(16)17-3)5-4-6-13-11/h4-6,8H,7H2,1-3H3,(H,13,14,15). The molecule has 1 aromatic heterocycles. The number of pyridine rings is 1. The van der Waals surface area contributed by atoms with Crippen molar-refractivity contribution in [3.63, 3.8) is 0 Å². The van der Waals surface area contributed by atoms with Gasteiger partial charge >= 0.3 is 5.97 Å². The summed E-state index contributed by atoms with van der Waals surface area (Å²) in [6.07, 6.45) is 1.90. The Labute approximate surface area is 100 Å². The first-order valence-electron chi connectivity index (χ1n) is 5.37. The minimum absolute atomic E-state index is 0.163. The predicted octanol–water partition coefficient (Wildman–Crippen LogP) is 1.85. The lowest BCUT2D eigenvalue weighted by Crippen LogP contribution is -2.17. The zero-order chi connectivity index (χ0) is 12.8. The van der Waals surface area contributed by atoms with E-state index in [1.165, 1.54) is 13.3 Å². The quantitative estimate of drug-likeness (QED) is 0.810. The number of rotatable bonds is 4. The van der Waals surface area contributed by atoms with Crippen molar-refractivity contribution in [2.45, 2.75) is 20.3 Å². The summed E-state index contributed by atoms with van der Waals surface area (Å²) in [5, 5.41) is 2.61. The lowest BCUT2D eigenvalue weighted by atomic mass is 10.1. The van der Waals surface area contributed by atoms with Gasteiger partial charge in [-0.25, -0.2) is 9.78 Å². The van der Waals surface area contributed by atoms with Crippen LogP contribution in [0.3, 0.4) is 0 Å². The summed E-state index contributed by atoms with van der Waals surface area (Å²) < 4.78 is 4.61. The van der Waals surface area contributed by atoms with Gasteiger partial charge in [0.25, 0.3) is 0 Å². The Hall–Kier alpha value is -1.91. The van der Waals surface area contributed by atoms with Gasteiger partial charge in [0.15, 0.2) is 0 Å². The monoisotopic (exact) mass is 236 g/mol. The van der Waals surface area contributed by atoms with Gasteiger partial charge in [-0.3, -0.25) is 4.79 Å². The lowest BCUT2D eigenvalue weighted by Gasteiger charge is -2.09. The molecule has 0 saturated heterocycles. The molecule has 0 unspecified atom stereocenters. The Kier molecular flexibility index (Phi) is 4.63. The van der Waals surface area contributed by atoms with Crippen LogP contribution in [0.15, 0.2) is 18.3 Å². The third-order valence-electron chi connectivity index (χ3n) is 2.06. The highest BCUT2D eigenvalue weighted by molar-refractivity contribution is 5.99. The van der Waals surface area contributed by atoms with Gasteiger partial charge in [0.2, 0.25) is 5.91 Å². The van der Waals surface area contributed by atoms with Gasteiger partial charge in [0.1, 0.15) is 11.4 Å². The van der Waals surface area contributed by atoms with Crippen LogP contribution < -0.4 is 5.32 Å². The summed E-state index contributed by atoms with van der Waals surface area (Å²) in [6.45, 7) is 3.89. The second-order valence-electron chi connectivity index (χ2n) is 4.04. The van der Waals surface area contributed by atoms with E-state index in [4.69, 9.17) is 0 Å². The van der Waals surface area contributed by atoms with Crippen LogP contribution in [0.2, 0.25) is 0 Å². The number of methoxy groups -OCH3 is 1. The van der Waals surface area contributed by atoms with Crippen LogP contribution in [0.5, 0.6) is 0 Å². The Bertz CT molecular complexity index is 416. The fourth-order valence-electron chi connectivity index (χ4n) is 1.33. The van der Waals surface area contributed by atoms with Crippen LogP contribution >= 0.6 is 0 Å². The number of carbonyl (C=O) groups excluding carboxylic acids is 2. The molecule has 0 aliphatic rings. The zero-order valence-electron chi connectivity index (χ0n) is 10.2. The fourth-order valence-corrected chi connectivity index (χ4v) is 1.33. The largest absolute Gasteiger partial charge is 0.465 e. The summed E-state index contributed by atoms with van der Waals surface area (Å²) in [5.41, 5.74) is 0.257. The van der Waals surface area contributed by atoms with Crippen LogP contribution in [-0.4, -0.2) is 24.0 Å². The third kappa shape index (κ3) is 3.86. The summed E-state index contributed by atoms with van der Waals surface area (Å²) in [5.74, 6) is -0.188. The zero-order valence-corrected chi connectivity index (χ0v) is 10.2. The van der Waals surface area contributed by atoms with E-state index in [1.807, 2.05) is 13.8 Å². The van der Waals surface area contributed by atoms with Crippen LogP contribution in [0.25, 0.3) is 0 Å². The van der Waals surface area contributed by atoms with E-state index in [9.17, 15) is 9.59 Å². The molecule has 0 radical (unpaired) electrons. The Morgan fingerprint density at radius 3 is 2.76 bits per heavy atom. The van der Waals surface area contributed by atoms with Crippen molar-refractivity contribution in [1.82, 2.24) is 4.98 Å². The highest BCUT2D eigenvalue weighted by Crippen LogP contribution is 2.13. The van der Waals surface area contributed by atoms with Gasteiger partial charge in [0.05, 0.1) is 7.11 Å². The second kappa shape index (κ2) is 5.98. The third-order valence-corrected chi connectivity index (χ3v) is 2.06. The smallest absolute Gasteiger partial charge is 0.341 e. The molecule has 5 nitrogen and oxygen atoms in total. The number of hydrogen-bond acceptors (Lipinski definition) is 4. The molecule has 0 aliphatic carbocycles. The topological polar surface area (TPSA) is 68.3 Å². The number of aromatic nitrogens is 1. The molecule has 0 saturated carbocycles. The van der Waals surface area contributed by atoms with Crippen molar-refractivity contribution >= 4 is 17.7 Å². The van der Waals surface area contributed by atoms with Crippen LogP contribution in [0.4, 0.5) is 5.82 Å². The highest BCUT2D eigenvalue weighted by Gasteiger charge is 2.14. The van der Waals surface area contributed by atoms with Gasteiger partial charge in [-0.1, -0.05) is 13.8 Å². The number of anilines is 1. The molecule has 1 rings (SSSR count). The molecule has 1 amide bonds. The molecule has 0 aromatic carbocycles. The van der Waals surface area contributed by atoms with Crippen molar-refractivity contribution in [1.29, 1.82) is 0 Å². The Morgan fingerprint density at radius 2 is 2.18 bits per heavy atom. The maximum atomic E-state index is 11.6. The first-order chi connectivity index (χ1) is 8.04. The molecule has 0 aliphatic heterocycles. The van der Waals surface area contributed by atoms with Crippen molar-refractivity contribution in [2.75, 3.05) is 12.4 Å². The molecule has 0 fully saturated rings. The molecule has 0 spiro atoms. The van der Waals surface area contributed by atoms with Gasteiger partial charge < -0.3 is 10.1 Å². The highest BCUT2D eigenvalue weighted by atomic mass is 16.5. The van der Waals surface area contributed by atoms with Crippen molar-refractivity contribution in [3.8, 4) is 0 Å². The van der Waals surface area contributed by atoms with E-state index >= 15 is 0 Å². The lowest BCUT2D eigenvalue weighted by molar-refractivity contribution is -0.116. The Balaban J connectivity index is 2.83. The molecule has 1 heterocycles. The van der Waals surface area contributed by atoms with Crippen molar-refractivity contribution in [2.24, 2.45) is 5.92 Å². The van der Waals surface area contributed by atoms with E-state index in [1.54, 1.807) is 12.1 Å². The minimum Gasteiger partial charge on any atom is -0.465 e. The second-order valence-corrected chi connectivity index (χ2v) is 4.04. The summed E-state index contributed by atoms with van der Waals surface area (Å²) in [4.78, 5) is 27.0. The number of esters is 1. The van der Waals surface area contributed by atoms with Crippen molar-refractivity contribution < 1.29 is 14.3 Å². The molecule has 92 valence electrons. The SMILES string of the molecule is COC(=O)c1cccnc1NC(=O)CC(C)C. The molecule has 17 heavy (non-hydrogen) atoms. The number of nitrogens with zero attached hydrogens (tertiary/aromatic N) is 1. The molecule has 1 N–H and O–H groups in total. The molecule has 0 atom stereocenters.